The monoisotopic (exact) mass is 438 g/mol. The molecule has 7 nitrogen and oxygen atoms in total. The van der Waals surface area contributed by atoms with Crippen LogP contribution in [-0.4, -0.2) is 54.8 Å². The van der Waals surface area contributed by atoms with Crippen LogP contribution in [0.15, 0.2) is 30.5 Å². The van der Waals surface area contributed by atoms with E-state index in [9.17, 15) is 26.4 Å². The summed E-state index contributed by atoms with van der Waals surface area (Å²) in [6.07, 6.45) is -2.71. The molecule has 0 fully saturated rings. The van der Waals surface area contributed by atoms with Gasteiger partial charge in [-0.3, -0.25) is 4.79 Å². The number of hydrogen-bond donors (Lipinski definition) is 1. The Labute approximate surface area is 165 Å². The van der Waals surface area contributed by atoms with E-state index in [1.807, 2.05) is 0 Å². The molecular weight excluding hydrogens is 421 g/mol. The van der Waals surface area contributed by atoms with Crippen molar-refractivity contribution in [3.05, 3.63) is 46.7 Å². The lowest BCUT2D eigenvalue weighted by molar-refractivity contribution is -0.143. The van der Waals surface area contributed by atoms with Gasteiger partial charge < -0.3 is 5.32 Å². The standard InChI is InChI=1S/C16H18ClF3N4O3S/c1-23(28(2,26)27)9-3-8-21-15(25)13-10-22-24(14(13)16(18,19)20)12-6-4-11(17)5-7-12/h4-7,10H,3,8-9H2,1-2H3,(H,21,25). The van der Waals surface area contributed by atoms with Gasteiger partial charge in [0.15, 0.2) is 5.69 Å². The molecule has 0 aliphatic carbocycles. The number of carbonyl (C=O) groups is 1. The maximum atomic E-state index is 13.6. The molecule has 0 saturated carbocycles. The number of hydrogen-bond acceptors (Lipinski definition) is 4. The first-order chi connectivity index (χ1) is 12.9. The van der Waals surface area contributed by atoms with Crippen LogP contribution in [0.25, 0.3) is 5.69 Å². The van der Waals surface area contributed by atoms with Crippen LogP contribution in [0.4, 0.5) is 13.2 Å². The van der Waals surface area contributed by atoms with Crippen molar-refractivity contribution in [2.24, 2.45) is 0 Å². The van der Waals surface area contributed by atoms with E-state index in [0.717, 1.165) is 16.8 Å². The lowest BCUT2D eigenvalue weighted by Crippen LogP contribution is -2.31. The third kappa shape index (κ3) is 5.46. The van der Waals surface area contributed by atoms with Crippen molar-refractivity contribution < 1.29 is 26.4 Å². The molecular formula is C16H18ClF3N4O3S. The maximum Gasteiger partial charge on any atom is 0.434 e. The summed E-state index contributed by atoms with van der Waals surface area (Å²) in [5.41, 5.74) is -1.73. The van der Waals surface area contributed by atoms with Crippen molar-refractivity contribution in [1.29, 1.82) is 0 Å². The highest BCUT2D eigenvalue weighted by Crippen LogP contribution is 2.33. The zero-order valence-electron chi connectivity index (χ0n) is 15.0. The molecule has 12 heteroatoms. The first-order valence-corrected chi connectivity index (χ1v) is 10.2. The molecule has 0 bridgehead atoms. The van der Waals surface area contributed by atoms with Crippen molar-refractivity contribution in [2.75, 3.05) is 26.4 Å². The molecule has 0 spiro atoms. The Bertz CT molecular complexity index is 943. The Morgan fingerprint density at radius 3 is 2.43 bits per heavy atom. The highest BCUT2D eigenvalue weighted by atomic mass is 35.5. The molecule has 1 heterocycles. The van der Waals surface area contributed by atoms with Gasteiger partial charge in [0, 0.05) is 25.2 Å². The summed E-state index contributed by atoms with van der Waals surface area (Å²) in [5.74, 6) is -0.949. The van der Waals surface area contributed by atoms with Crippen LogP contribution in [-0.2, 0) is 16.2 Å². The topological polar surface area (TPSA) is 84.3 Å². The van der Waals surface area contributed by atoms with Crippen LogP contribution < -0.4 is 5.32 Å². The minimum absolute atomic E-state index is 0.00210. The van der Waals surface area contributed by atoms with E-state index in [4.69, 9.17) is 11.6 Å². The van der Waals surface area contributed by atoms with Crippen LogP contribution in [0, 0.1) is 0 Å². The van der Waals surface area contributed by atoms with E-state index in [-0.39, 0.29) is 25.2 Å². The highest BCUT2D eigenvalue weighted by Gasteiger charge is 2.40. The molecule has 28 heavy (non-hydrogen) atoms. The zero-order valence-corrected chi connectivity index (χ0v) is 16.6. The van der Waals surface area contributed by atoms with E-state index < -0.39 is 33.4 Å². The van der Waals surface area contributed by atoms with Crippen LogP contribution >= 0.6 is 11.6 Å². The predicted molar refractivity (Wildman–Crippen MR) is 98.0 cm³/mol. The fourth-order valence-electron chi connectivity index (χ4n) is 2.33. The molecule has 2 rings (SSSR count). The van der Waals surface area contributed by atoms with Gasteiger partial charge in [-0.1, -0.05) is 11.6 Å². The summed E-state index contributed by atoms with van der Waals surface area (Å²) in [4.78, 5) is 12.2. The van der Waals surface area contributed by atoms with Crippen molar-refractivity contribution in [3.8, 4) is 5.69 Å². The number of benzene rings is 1. The van der Waals surface area contributed by atoms with Gasteiger partial charge in [-0.05, 0) is 30.7 Å². The average molecular weight is 439 g/mol. The van der Waals surface area contributed by atoms with Gasteiger partial charge in [-0.15, -0.1) is 0 Å². The molecule has 1 amide bonds. The summed E-state index contributed by atoms with van der Waals surface area (Å²) < 4.78 is 64.9. The molecule has 0 aliphatic heterocycles. The quantitative estimate of drug-likeness (QED) is 0.673. The van der Waals surface area contributed by atoms with Gasteiger partial charge in [0.2, 0.25) is 10.0 Å². The molecule has 0 saturated heterocycles. The van der Waals surface area contributed by atoms with Crippen molar-refractivity contribution in [1.82, 2.24) is 19.4 Å². The van der Waals surface area contributed by atoms with Gasteiger partial charge in [0.05, 0.1) is 23.7 Å². The van der Waals surface area contributed by atoms with Crippen LogP contribution in [0.1, 0.15) is 22.5 Å². The first-order valence-electron chi connectivity index (χ1n) is 8.02. The number of nitrogens with one attached hydrogen (secondary N) is 1. The lowest BCUT2D eigenvalue weighted by atomic mass is 10.2. The summed E-state index contributed by atoms with van der Waals surface area (Å²) in [6, 6.07) is 5.54. The van der Waals surface area contributed by atoms with Crippen molar-refractivity contribution in [2.45, 2.75) is 12.6 Å². The Balaban J connectivity index is 2.17. The Morgan fingerprint density at radius 2 is 1.89 bits per heavy atom. The number of sulfonamides is 1. The Morgan fingerprint density at radius 1 is 1.29 bits per heavy atom. The minimum Gasteiger partial charge on any atom is -0.352 e. The average Bonchev–Trinajstić information content (AvgIpc) is 3.03. The molecule has 1 aromatic heterocycles. The van der Waals surface area contributed by atoms with E-state index in [2.05, 4.69) is 10.4 Å². The summed E-state index contributed by atoms with van der Waals surface area (Å²) in [7, 11) is -1.99. The van der Waals surface area contributed by atoms with Gasteiger partial charge in [0.25, 0.3) is 5.91 Å². The molecule has 1 aromatic carbocycles. The summed E-state index contributed by atoms with van der Waals surface area (Å²) in [5, 5.41) is 6.40. The van der Waals surface area contributed by atoms with Gasteiger partial charge in [-0.2, -0.15) is 18.3 Å². The minimum atomic E-state index is -4.82. The Hall–Kier alpha value is -2.11. The number of aromatic nitrogens is 2. The summed E-state index contributed by atoms with van der Waals surface area (Å²) >= 11 is 5.75. The lowest BCUT2D eigenvalue weighted by Gasteiger charge is -2.14. The molecule has 154 valence electrons. The fourth-order valence-corrected chi connectivity index (χ4v) is 2.92. The first kappa shape index (κ1) is 22.2. The van der Waals surface area contributed by atoms with E-state index in [1.54, 1.807) is 0 Å². The van der Waals surface area contributed by atoms with Crippen LogP contribution in [0.3, 0.4) is 0 Å². The normalized spacial score (nSPS) is 12.4. The number of halogens is 4. The predicted octanol–water partition coefficient (Wildman–Crippen LogP) is 2.56. The van der Waals surface area contributed by atoms with Crippen LogP contribution in [0.5, 0.6) is 0 Å². The third-order valence-electron chi connectivity index (χ3n) is 3.86. The maximum absolute atomic E-state index is 13.6. The molecule has 0 atom stereocenters. The third-order valence-corrected chi connectivity index (χ3v) is 5.42. The van der Waals surface area contributed by atoms with E-state index in [0.29, 0.717) is 9.70 Å². The number of rotatable bonds is 7. The number of carbonyl (C=O) groups excluding carboxylic acids is 1. The van der Waals surface area contributed by atoms with Gasteiger partial charge in [-0.25, -0.2) is 17.4 Å². The smallest absolute Gasteiger partial charge is 0.352 e. The number of alkyl halides is 3. The molecule has 0 unspecified atom stereocenters. The SMILES string of the molecule is CN(CCCNC(=O)c1cnn(-c2ccc(Cl)cc2)c1C(F)(F)F)S(C)(=O)=O. The highest BCUT2D eigenvalue weighted by molar-refractivity contribution is 7.88. The number of amides is 1. The van der Waals surface area contributed by atoms with Crippen molar-refractivity contribution >= 4 is 27.5 Å². The second-order valence-electron chi connectivity index (χ2n) is 5.99. The second kappa shape index (κ2) is 8.50. The van der Waals surface area contributed by atoms with Gasteiger partial charge >= 0.3 is 6.18 Å². The van der Waals surface area contributed by atoms with E-state index >= 15 is 0 Å². The Kier molecular flexibility index (Phi) is 6.73. The van der Waals surface area contributed by atoms with E-state index in [1.165, 1.54) is 31.3 Å². The van der Waals surface area contributed by atoms with Crippen LogP contribution in [0.2, 0.25) is 5.02 Å². The largest absolute Gasteiger partial charge is 0.434 e. The second-order valence-corrected chi connectivity index (χ2v) is 8.51. The summed E-state index contributed by atoms with van der Waals surface area (Å²) in [6.45, 7) is 0.122. The zero-order chi connectivity index (χ0) is 21.1. The molecule has 0 radical (unpaired) electrons. The molecule has 2 aromatic rings. The van der Waals surface area contributed by atoms with Gasteiger partial charge in [0.1, 0.15) is 0 Å². The molecule has 0 aliphatic rings. The fraction of sp³-hybridized carbons (Fsp3) is 0.375. The van der Waals surface area contributed by atoms with Crippen molar-refractivity contribution in [3.63, 3.8) is 0 Å². The number of nitrogens with zero attached hydrogens (tertiary/aromatic N) is 3. The molecule has 1 N–H and O–H groups in total.